The molecule has 2 aromatic rings. The molecule has 19 heavy (non-hydrogen) atoms. The van der Waals surface area contributed by atoms with Crippen LogP contribution in [0, 0.1) is 5.82 Å². The Labute approximate surface area is 112 Å². The van der Waals surface area contributed by atoms with Crippen LogP contribution in [-0.4, -0.2) is 16.7 Å². The number of nitrogens with zero attached hydrogens (tertiary/aromatic N) is 1. The predicted molar refractivity (Wildman–Crippen MR) is 72.0 cm³/mol. The third-order valence-corrected chi connectivity index (χ3v) is 3.03. The Bertz CT molecular complexity index is 501. The Morgan fingerprint density at radius 1 is 1.21 bits per heavy atom. The molecule has 3 nitrogen and oxygen atoms in total. The average molecular weight is 260 g/mol. The monoisotopic (exact) mass is 260 g/mol. The summed E-state index contributed by atoms with van der Waals surface area (Å²) in [6.45, 7) is 1.93. The first-order chi connectivity index (χ1) is 9.20. The molecule has 0 bridgehead atoms. The van der Waals surface area contributed by atoms with E-state index in [1.54, 1.807) is 6.07 Å². The molecule has 0 spiro atoms. The van der Waals surface area contributed by atoms with Crippen LogP contribution in [0.4, 0.5) is 4.39 Å². The van der Waals surface area contributed by atoms with E-state index >= 15 is 0 Å². The lowest BCUT2D eigenvalue weighted by atomic mass is 10.1. The fraction of sp³-hybridized carbons (Fsp3) is 0.267. The number of hydrogen-bond acceptors (Lipinski definition) is 3. The molecule has 2 N–H and O–H groups in total. The van der Waals surface area contributed by atoms with E-state index in [1.807, 2.05) is 37.3 Å². The molecule has 1 heterocycles. The molecule has 0 fully saturated rings. The minimum atomic E-state index is -0.349. The summed E-state index contributed by atoms with van der Waals surface area (Å²) < 4.78 is 12.8. The van der Waals surface area contributed by atoms with Crippen molar-refractivity contribution in [3.05, 3.63) is 65.7 Å². The van der Waals surface area contributed by atoms with E-state index in [9.17, 15) is 9.50 Å². The van der Waals surface area contributed by atoms with Crippen LogP contribution in [0.2, 0.25) is 0 Å². The van der Waals surface area contributed by atoms with E-state index in [0.717, 1.165) is 11.3 Å². The lowest BCUT2D eigenvalue weighted by Gasteiger charge is -2.21. The number of aromatic nitrogens is 1. The van der Waals surface area contributed by atoms with E-state index in [2.05, 4.69) is 10.3 Å². The maximum Gasteiger partial charge on any atom is 0.141 e. The van der Waals surface area contributed by atoms with Gasteiger partial charge in [-0.15, -0.1) is 0 Å². The standard InChI is InChI=1S/C15H17FN2O/c1-11(14-8-7-13(16)9-17-14)18-15(10-19)12-5-3-2-4-6-12/h2-9,11,15,18-19H,10H2,1H3. The largest absolute Gasteiger partial charge is 0.394 e. The highest BCUT2D eigenvalue weighted by atomic mass is 19.1. The molecule has 0 aliphatic heterocycles. The Morgan fingerprint density at radius 3 is 2.53 bits per heavy atom. The molecule has 4 heteroatoms. The van der Waals surface area contributed by atoms with Crippen LogP contribution < -0.4 is 5.32 Å². The van der Waals surface area contributed by atoms with E-state index < -0.39 is 0 Å². The highest BCUT2D eigenvalue weighted by Gasteiger charge is 2.15. The first-order valence-electron chi connectivity index (χ1n) is 6.24. The van der Waals surface area contributed by atoms with Gasteiger partial charge in [0, 0.05) is 6.04 Å². The first-order valence-corrected chi connectivity index (χ1v) is 6.24. The maximum atomic E-state index is 12.8. The lowest BCUT2D eigenvalue weighted by Crippen LogP contribution is -2.27. The second kappa shape index (κ2) is 6.41. The van der Waals surface area contributed by atoms with Crippen LogP contribution in [0.15, 0.2) is 48.7 Å². The van der Waals surface area contributed by atoms with Gasteiger partial charge in [0.25, 0.3) is 0 Å². The van der Waals surface area contributed by atoms with Crippen molar-refractivity contribution in [3.8, 4) is 0 Å². The summed E-state index contributed by atoms with van der Waals surface area (Å²) >= 11 is 0. The fourth-order valence-corrected chi connectivity index (χ4v) is 1.97. The summed E-state index contributed by atoms with van der Waals surface area (Å²) in [6, 6.07) is 12.5. The first kappa shape index (κ1) is 13.6. The predicted octanol–water partition coefficient (Wildman–Crippen LogP) is 2.60. The number of pyridine rings is 1. The molecule has 2 rings (SSSR count). The summed E-state index contributed by atoms with van der Waals surface area (Å²) in [5.41, 5.74) is 1.76. The van der Waals surface area contributed by atoms with Crippen molar-refractivity contribution < 1.29 is 9.50 Å². The molecule has 0 saturated heterocycles. The molecule has 1 aromatic heterocycles. The highest BCUT2D eigenvalue weighted by Crippen LogP contribution is 2.18. The van der Waals surface area contributed by atoms with Gasteiger partial charge in [-0.25, -0.2) is 4.39 Å². The normalized spacial score (nSPS) is 14.1. The summed E-state index contributed by atoms with van der Waals surface area (Å²) in [5, 5.41) is 12.8. The van der Waals surface area contributed by atoms with Crippen LogP contribution in [0.1, 0.15) is 30.3 Å². The van der Waals surface area contributed by atoms with Crippen molar-refractivity contribution >= 4 is 0 Å². The quantitative estimate of drug-likeness (QED) is 0.868. The van der Waals surface area contributed by atoms with Gasteiger partial charge >= 0.3 is 0 Å². The highest BCUT2D eigenvalue weighted by molar-refractivity contribution is 5.20. The number of nitrogens with one attached hydrogen (secondary N) is 1. The summed E-state index contributed by atoms with van der Waals surface area (Å²) in [5.74, 6) is -0.349. The molecular formula is C15H17FN2O. The number of benzene rings is 1. The molecule has 0 aliphatic carbocycles. The molecule has 0 amide bonds. The van der Waals surface area contributed by atoms with E-state index in [-0.39, 0.29) is 24.5 Å². The van der Waals surface area contributed by atoms with Crippen molar-refractivity contribution in [2.45, 2.75) is 19.0 Å². The minimum absolute atomic E-state index is 0.00442. The molecule has 2 unspecified atom stereocenters. The van der Waals surface area contributed by atoms with Gasteiger partial charge in [-0.1, -0.05) is 30.3 Å². The van der Waals surface area contributed by atoms with E-state index in [1.165, 1.54) is 12.3 Å². The maximum absolute atomic E-state index is 12.8. The van der Waals surface area contributed by atoms with Gasteiger partial charge in [0.1, 0.15) is 5.82 Å². The number of aliphatic hydroxyl groups is 1. The third-order valence-electron chi connectivity index (χ3n) is 3.03. The van der Waals surface area contributed by atoms with Crippen molar-refractivity contribution in [1.82, 2.24) is 10.3 Å². The number of halogens is 1. The van der Waals surface area contributed by atoms with Crippen LogP contribution >= 0.6 is 0 Å². The molecule has 100 valence electrons. The van der Waals surface area contributed by atoms with Crippen LogP contribution in [0.3, 0.4) is 0 Å². The van der Waals surface area contributed by atoms with Crippen LogP contribution in [-0.2, 0) is 0 Å². The van der Waals surface area contributed by atoms with Gasteiger partial charge in [-0.05, 0) is 24.6 Å². The van der Waals surface area contributed by atoms with Crippen molar-refractivity contribution in [3.63, 3.8) is 0 Å². The van der Waals surface area contributed by atoms with E-state index in [0.29, 0.717) is 0 Å². The van der Waals surface area contributed by atoms with E-state index in [4.69, 9.17) is 0 Å². The van der Waals surface area contributed by atoms with Crippen molar-refractivity contribution in [1.29, 1.82) is 0 Å². The van der Waals surface area contributed by atoms with Crippen LogP contribution in [0.5, 0.6) is 0 Å². The number of hydrogen-bond donors (Lipinski definition) is 2. The topological polar surface area (TPSA) is 45.1 Å². The Morgan fingerprint density at radius 2 is 1.95 bits per heavy atom. The van der Waals surface area contributed by atoms with Gasteiger partial charge in [-0.2, -0.15) is 0 Å². The van der Waals surface area contributed by atoms with Crippen LogP contribution in [0.25, 0.3) is 0 Å². The average Bonchev–Trinajstić information content (AvgIpc) is 2.46. The molecule has 0 aliphatic rings. The number of aliphatic hydroxyl groups excluding tert-OH is 1. The lowest BCUT2D eigenvalue weighted by molar-refractivity contribution is 0.235. The smallest absolute Gasteiger partial charge is 0.141 e. The Balaban J connectivity index is 2.08. The molecular weight excluding hydrogens is 243 g/mol. The zero-order valence-corrected chi connectivity index (χ0v) is 10.8. The van der Waals surface area contributed by atoms with Gasteiger partial charge in [0.2, 0.25) is 0 Å². The molecule has 2 atom stereocenters. The molecule has 0 saturated carbocycles. The van der Waals surface area contributed by atoms with Gasteiger partial charge in [0.15, 0.2) is 0 Å². The van der Waals surface area contributed by atoms with Crippen molar-refractivity contribution in [2.24, 2.45) is 0 Å². The van der Waals surface area contributed by atoms with Gasteiger partial charge in [-0.3, -0.25) is 10.3 Å². The third kappa shape index (κ3) is 3.59. The Kier molecular flexibility index (Phi) is 4.60. The summed E-state index contributed by atoms with van der Waals surface area (Å²) in [7, 11) is 0. The fourth-order valence-electron chi connectivity index (χ4n) is 1.97. The summed E-state index contributed by atoms with van der Waals surface area (Å²) in [6.07, 6.45) is 1.20. The van der Waals surface area contributed by atoms with Gasteiger partial charge in [0.05, 0.1) is 24.5 Å². The number of rotatable bonds is 5. The van der Waals surface area contributed by atoms with Gasteiger partial charge < -0.3 is 5.11 Å². The SMILES string of the molecule is CC(NC(CO)c1ccccc1)c1ccc(F)cn1. The van der Waals surface area contributed by atoms with Crippen molar-refractivity contribution in [2.75, 3.05) is 6.61 Å². The molecule has 1 aromatic carbocycles. The zero-order valence-electron chi connectivity index (χ0n) is 10.8. The second-order valence-electron chi connectivity index (χ2n) is 4.44. The Hall–Kier alpha value is -1.78. The second-order valence-corrected chi connectivity index (χ2v) is 4.44. The molecule has 0 radical (unpaired) electrons. The zero-order chi connectivity index (χ0) is 13.7. The summed E-state index contributed by atoms with van der Waals surface area (Å²) in [4.78, 5) is 4.04. The minimum Gasteiger partial charge on any atom is -0.394 e.